The van der Waals surface area contributed by atoms with E-state index in [4.69, 9.17) is 4.74 Å². The van der Waals surface area contributed by atoms with E-state index in [0.717, 1.165) is 19.3 Å². The maximum absolute atomic E-state index is 11.8. The highest BCUT2D eigenvalue weighted by Crippen LogP contribution is 2.36. The molecule has 2 rings (SSSR count). The highest BCUT2D eigenvalue weighted by Gasteiger charge is 2.37. The molecule has 4 nitrogen and oxygen atoms in total. The summed E-state index contributed by atoms with van der Waals surface area (Å²) >= 11 is 0. The third-order valence-electron chi connectivity index (χ3n) is 4.23. The lowest BCUT2D eigenvalue weighted by Crippen LogP contribution is -2.21. The zero-order valence-electron chi connectivity index (χ0n) is 12.3. The molecule has 4 heteroatoms. The summed E-state index contributed by atoms with van der Waals surface area (Å²) in [7, 11) is 0. The Kier molecular flexibility index (Phi) is 5.61. The second-order valence-electron chi connectivity index (χ2n) is 6.00. The predicted molar refractivity (Wildman–Crippen MR) is 76.1 cm³/mol. The second kappa shape index (κ2) is 7.23. The van der Waals surface area contributed by atoms with Gasteiger partial charge in [-0.25, -0.2) is 0 Å². The van der Waals surface area contributed by atoms with Gasteiger partial charge >= 0.3 is 0 Å². The number of rotatable bonds is 7. The summed E-state index contributed by atoms with van der Waals surface area (Å²) in [6, 6.07) is 0. The smallest absolute Gasteiger partial charge is 0.162 e. The molecule has 0 saturated carbocycles. The summed E-state index contributed by atoms with van der Waals surface area (Å²) in [6.45, 7) is 2.17. The van der Waals surface area contributed by atoms with Gasteiger partial charge in [0.25, 0.3) is 0 Å². The summed E-state index contributed by atoms with van der Waals surface area (Å²) in [4.78, 5) is 11.8. The van der Waals surface area contributed by atoms with Crippen molar-refractivity contribution in [2.45, 2.75) is 83.0 Å². The zero-order valence-corrected chi connectivity index (χ0v) is 12.3. The number of unbranched alkanes of at least 4 members (excludes halogenated alkanes) is 3. The molecule has 2 aliphatic rings. The van der Waals surface area contributed by atoms with E-state index in [1.807, 2.05) is 0 Å². The van der Waals surface area contributed by atoms with Gasteiger partial charge in [-0.1, -0.05) is 32.6 Å². The molecule has 0 unspecified atom stereocenters. The molecule has 0 fully saturated rings. The highest BCUT2D eigenvalue weighted by molar-refractivity contribution is 5.97. The Labute approximate surface area is 120 Å². The van der Waals surface area contributed by atoms with E-state index in [-0.39, 0.29) is 18.0 Å². The number of carbonyl (C=O) groups excluding carboxylic acids is 1. The van der Waals surface area contributed by atoms with E-state index >= 15 is 0 Å². The van der Waals surface area contributed by atoms with Gasteiger partial charge in [-0.05, 0) is 12.8 Å². The molecule has 1 aliphatic heterocycles. The van der Waals surface area contributed by atoms with Gasteiger partial charge in [0.1, 0.15) is 18.0 Å². The van der Waals surface area contributed by atoms with Crippen LogP contribution < -0.4 is 0 Å². The van der Waals surface area contributed by atoms with Crippen molar-refractivity contribution < 1.29 is 19.7 Å². The maximum Gasteiger partial charge on any atom is 0.162 e. The third kappa shape index (κ3) is 3.83. The van der Waals surface area contributed by atoms with Crippen LogP contribution in [0.25, 0.3) is 0 Å². The molecule has 0 spiro atoms. The highest BCUT2D eigenvalue weighted by atomic mass is 16.5. The number of ketones is 1. The largest absolute Gasteiger partial charge is 0.491 e. The van der Waals surface area contributed by atoms with Gasteiger partial charge in [0.05, 0.1) is 6.10 Å². The van der Waals surface area contributed by atoms with Crippen LogP contribution in [0.2, 0.25) is 0 Å². The van der Waals surface area contributed by atoms with Crippen molar-refractivity contribution >= 4 is 5.78 Å². The van der Waals surface area contributed by atoms with Crippen LogP contribution in [-0.2, 0) is 9.53 Å². The van der Waals surface area contributed by atoms with Crippen molar-refractivity contribution in [3.05, 3.63) is 11.3 Å². The monoisotopic (exact) mass is 282 g/mol. The molecule has 20 heavy (non-hydrogen) atoms. The molecule has 1 heterocycles. The quantitative estimate of drug-likeness (QED) is 0.704. The Morgan fingerprint density at radius 2 is 2.15 bits per heavy atom. The van der Waals surface area contributed by atoms with Crippen molar-refractivity contribution in [1.82, 2.24) is 0 Å². The van der Waals surface area contributed by atoms with Crippen molar-refractivity contribution in [1.29, 1.82) is 0 Å². The average molecular weight is 282 g/mol. The van der Waals surface area contributed by atoms with Crippen LogP contribution in [0.15, 0.2) is 11.3 Å². The van der Waals surface area contributed by atoms with Crippen LogP contribution in [0, 0.1) is 0 Å². The van der Waals surface area contributed by atoms with Crippen molar-refractivity contribution in [3.63, 3.8) is 0 Å². The molecular weight excluding hydrogens is 256 g/mol. The average Bonchev–Trinajstić information content (AvgIpc) is 2.84. The minimum absolute atomic E-state index is 0.102. The third-order valence-corrected chi connectivity index (χ3v) is 4.23. The predicted octanol–water partition coefficient (Wildman–Crippen LogP) is 2.47. The van der Waals surface area contributed by atoms with Gasteiger partial charge in [0.2, 0.25) is 0 Å². The standard InChI is InChI=1S/C16H26O4/c1-2-3-4-5-6-11(17)9-12-10-13-14(18)7-8-15(19)16(13)20-12/h11-12,15,17,19H,2-10H2,1H3/t11-,12-,15+/m0/s1. The molecule has 3 atom stereocenters. The summed E-state index contributed by atoms with van der Waals surface area (Å²) in [5, 5.41) is 19.9. The van der Waals surface area contributed by atoms with Crippen LogP contribution in [0.1, 0.15) is 64.7 Å². The number of Topliss-reactive ketones (excluding diaryl/α,β-unsaturated/α-hetero) is 1. The molecule has 0 saturated heterocycles. The van der Waals surface area contributed by atoms with Crippen molar-refractivity contribution in [2.75, 3.05) is 0 Å². The zero-order chi connectivity index (χ0) is 14.5. The molecule has 0 bridgehead atoms. The van der Waals surface area contributed by atoms with E-state index in [1.165, 1.54) is 12.8 Å². The number of hydrogen-bond donors (Lipinski definition) is 2. The lowest BCUT2D eigenvalue weighted by atomic mass is 9.92. The summed E-state index contributed by atoms with van der Waals surface area (Å²) in [6.07, 6.45) is 6.23. The molecule has 0 amide bonds. The topological polar surface area (TPSA) is 66.8 Å². The fourth-order valence-corrected chi connectivity index (χ4v) is 3.06. The minimum Gasteiger partial charge on any atom is -0.491 e. The van der Waals surface area contributed by atoms with E-state index in [1.54, 1.807) is 0 Å². The summed E-state index contributed by atoms with van der Waals surface area (Å²) < 4.78 is 5.69. The second-order valence-corrected chi connectivity index (χ2v) is 6.00. The minimum atomic E-state index is -0.630. The van der Waals surface area contributed by atoms with Gasteiger partial charge in [-0.2, -0.15) is 0 Å². The molecule has 0 aromatic rings. The van der Waals surface area contributed by atoms with E-state index in [2.05, 4.69) is 6.92 Å². The molecule has 0 radical (unpaired) electrons. The first-order valence-electron chi connectivity index (χ1n) is 7.90. The lowest BCUT2D eigenvalue weighted by molar-refractivity contribution is -0.117. The number of hydrogen-bond acceptors (Lipinski definition) is 4. The molecule has 114 valence electrons. The Morgan fingerprint density at radius 1 is 1.35 bits per heavy atom. The first-order valence-corrected chi connectivity index (χ1v) is 7.90. The molecule has 0 aromatic carbocycles. The SMILES string of the molecule is CCCCCC[C@H](O)C[C@H]1CC2=C(O1)[C@H](O)CCC2=O. The van der Waals surface area contributed by atoms with Gasteiger partial charge in [0.15, 0.2) is 5.78 Å². The van der Waals surface area contributed by atoms with Gasteiger partial charge in [0, 0.05) is 24.8 Å². The summed E-state index contributed by atoms with van der Waals surface area (Å²) in [5.74, 6) is 0.578. The molecule has 1 aliphatic carbocycles. The van der Waals surface area contributed by atoms with Crippen molar-refractivity contribution in [2.24, 2.45) is 0 Å². The van der Waals surface area contributed by atoms with Crippen LogP contribution in [0.5, 0.6) is 0 Å². The van der Waals surface area contributed by atoms with E-state index < -0.39 is 6.10 Å². The number of ether oxygens (including phenoxy) is 1. The lowest BCUT2D eigenvalue weighted by Gasteiger charge is -2.20. The fraction of sp³-hybridized carbons (Fsp3) is 0.812. The normalized spacial score (nSPS) is 27.4. The van der Waals surface area contributed by atoms with Crippen LogP contribution >= 0.6 is 0 Å². The van der Waals surface area contributed by atoms with Gasteiger partial charge in [-0.3, -0.25) is 4.79 Å². The first kappa shape index (κ1) is 15.5. The number of carbonyl (C=O) groups is 1. The number of aliphatic hydroxyl groups is 2. The Bertz CT molecular complexity index is 375. The Hall–Kier alpha value is -0.870. The van der Waals surface area contributed by atoms with Gasteiger partial charge in [-0.15, -0.1) is 0 Å². The van der Waals surface area contributed by atoms with Crippen LogP contribution in [0.4, 0.5) is 0 Å². The maximum atomic E-state index is 11.8. The van der Waals surface area contributed by atoms with Crippen LogP contribution in [-0.4, -0.2) is 34.3 Å². The van der Waals surface area contributed by atoms with E-state index in [0.29, 0.717) is 37.0 Å². The number of aliphatic hydroxyl groups excluding tert-OH is 2. The van der Waals surface area contributed by atoms with Crippen LogP contribution in [0.3, 0.4) is 0 Å². The molecule has 0 aromatic heterocycles. The van der Waals surface area contributed by atoms with Gasteiger partial charge < -0.3 is 14.9 Å². The fourth-order valence-electron chi connectivity index (χ4n) is 3.06. The Morgan fingerprint density at radius 3 is 2.85 bits per heavy atom. The van der Waals surface area contributed by atoms with Crippen molar-refractivity contribution in [3.8, 4) is 0 Å². The molecule has 2 N–H and O–H groups in total. The Balaban J connectivity index is 1.75. The van der Waals surface area contributed by atoms with E-state index in [9.17, 15) is 15.0 Å². The molecular formula is C16H26O4. The first-order chi connectivity index (χ1) is 9.61. The summed E-state index contributed by atoms with van der Waals surface area (Å²) in [5.41, 5.74) is 0.659.